The Hall–Kier alpha value is -3.71. The van der Waals surface area contributed by atoms with E-state index in [9.17, 15) is 26.7 Å². The molecule has 8 nitrogen and oxygen atoms in total. The molecule has 1 saturated heterocycles. The molecule has 13 heteroatoms. The molecule has 0 unspecified atom stereocenters. The third-order valence-electron chi connectivity index (χ3n) is 6.77. The smallest absolute Gasteiger partial charge is 0.406 e. The molecule has 40 heavy (non-hydrogen) atoms. The summed E-state index contributed by atoms with van der Waals surface area (Å²) in [6, 6.07) is 8.63. The zero-order valence-electron chi connectivity index (χ0n) is 22.1. The van der Waals surface area contributed by atoms with Crippen molar-refractivity contribution in [1.29, 1.82) is 0 Å². The van der Waals surface area contributed by atoms with Crippen LogP contribution in [0, 0.1) is 18.6 Å². The van der Waals surface area contributed by atoms with Gasteiger partial charge in [0.2, 0.25) is 5.88 Å². The minimum atomic E-state index is -4.61. The number of rotatable bonds is 9. The van der Waals surface area contributed by atoms with Gasteiger partial charge in [0.1, 0.15) is 11.9 Å². The molecule has 1 aliphatic heterocycles. The van der Waals surface area contributed by atoms with E-state index >= 15 is 0 Å². The lowest BCUT2D eigenvalue weighted by molar-refractivity contribution is -0.192. The van der Waals surface area contributed by atoms with Crippen molar-refractivity contribution in [3.05, 3.63) is 71.3 Å². The van der Waals surface area contributed by atoms with Gasteiger partial charge in [-0.3, -0.25) is 10.2 Å². The predicted molar refractivity (Wildman–Crippen MR) is 138 cm³/mol. The van der Waals surface area contributed by atoms with E-state index in [-0.39, 0.29) is 18.7 Å². The summed E-state index contributed by atoms with van der Waals surface area (Å²) in [5, 5.41) is 9.93. The van der Waals surface area contributed by atoms with Gasteiger partial charge in [-0.1, -0.05) is 24.3 Å². The molecule has 4 rings (SSSR count). The molecule has 2 N–H and O–H groups in total. The largest absolute Gasteiger partial charge is 0.477 e. The highest BCUT2D eigenvalue weighted by molar-refractivity contribution is 5.90. The Morgan fingerprint density at radius 3 is 2.48 bits per heavy atom. The van der Waals surface area contributed by atoms with Gasteiger partial charge in [0.15, 0.2) is 11.6 Å². The van der Waals surface area contributed by atoms with E-state index in [4.69, 9.17) is 9.47 Å². The highest BCUT2D eigenvalue weighted by Gasteiger charge is 2.48. The highest BCUT2D eigenvalue weighted by atomic mass is 19.4. The maximum Gasteiger partial charge on any atom is 0.406 e. The number of alkyl halides is 3. The van der Waals surface area contributed by atoms with Crippen molar-refractivity contribution in [2.24, 2.45) is 0 Å². The first-order valence-corrected chi connectivity index (χ1v) is 12.6. The first-order chi connectivity index (χ1) is 19.0. The Morgan fingerprint density at radius 2 is 1.85 bits per heavy atom. The normalized spacial score (nSPS) is 18.5. The van der Waals surface area contributed by atoms with Crippen molar-refractivity contribution in [2.75, 3.05) is 38.7 Å². The van der Waals surface area contributed by atoms with Crippen LogP contribution < -0.4 is 15.4 Å². The third kappa shape index (κ3) is 6.36. The van der Waals surface area contributed by atoms with E-state index in [0.29, 0.717) is 29.6 Å². The topological polar surface area (TPSA) is 80.6 Å². The number of amides is 2. The zero-order valence-corrected chi connectivity index (χ0v) is 22.1. The molecule has 0 spiro atoms. The number of halogens is 5. The van der Waals surface area contributed by atoms with Crippen LogP contribution in [0.3, 0.4) is 0 Å². The number of anilines is 1. The molecule has 1 aliphatic rings. The van der Waals surface area contributed by atoms with Crippen LogP contribution in [0.1, 0.15) is 24.0 Å². The molecule has 2 amide bonds. The Balaban J connectivity index is 1.62. The summed E-state index contributed by atoms with van der Waals surface area (Å²) in [6.07, 6.45) is -4.61. The lowest BCUT2D eigenvalue weighted by atomic mass is 9.94. The van der Waals surface area contributed by atoms with Crippen molar-refractivity contribution in [3.63, 3.8) is 0 Å². The zero-order chi connectivity index (χ0) is 29.0. The van der Waals surface area contributed by atoms with Crippen molar-refractivity contribution >= 4 is 11.8 Å². The van der Waals surface area contributed by atoms with E-state index in [1.807, 2.05) is 6.07 Å². The lowest BCUT2D eigenvalue weighted by Gasteiger charge is -2.29. The molecule has 0 saturated carbocycles. The van der Waals surface area contributed by atoms with E-state index in [0.717, 1.165) is 17.0 Å². The number of carbonyl (C=O) groups excluding carboxylic acids is 1. The van der Waals surface area contributed by atoms with Crippen molar-refractivity contribution in [1.82, 2.24) is 20.0 Å². The number of hydrogen-bond acceptors (Lipinski definition) is 5. The second-order valence-electron chi connectivity index (χ2n) is 9.41. The summed E-state index contributed by atoms with van der Waals surface area (Å²) in [5.41, 5.74) is 1.45. The highest BCUT2D eigenvalue weighted by Crippen LogP contribution is 2.35. The van der Waals surface area contributed by atoms with Crippen LogP contribution in [0.5, 0.6) is 5.88 Å². The maximum absolute atomic E-state index is 14.1. The third-order valence-corrected chi connectivity index (χ3v) is 6.77. The van der Waals surface area contributed by atoms with Crippen LogP contribution in [0.15, 0.2) is 48.5 Å². The summed E-state index contributed by atoms with van der Waals surface area (Å²) >= 11 is 0. The summed E-state index contributed by atoms with van der Waals surface area (Å²) in [6.45, 7) is 2.86. The molecule has 0 radical (unpaired) electrons. The molecule has 1 aromatic heterocycles. The number of hydrogen-bond donors (Lipinski definition) is 2. The lowest BCUT2D eigenvalue weighted by Crippen LogP contribution is -2.49. The van der Waals surface area contributed by atoms with Gasteiger partial charge < -0.3 is 14.8 Å². The van der Waals surface area contributed by atoms with Gasteiger partial charge in [-0.15, -0.1) is 5.10 Å². The fourth-order valence-corrected chi connectivity index (χ4v) is 4.85. The van der Waals surface area contributed by atoms with Gasteiger partial charge in [0.25, 0.3) is 0 Å². The van der Waals surface area contributed by atoms with Gasteiger partial charge in [-0.2, -0.15) is 13.2 Å². The summed E-state index contributed by atoms with van der Waals surface area (Å²) < 4.78 is 81.1. The van der Waals surface area contributed by atoms with Crippen molar-refractivity contribution < 1.29 is 36.2 Å². The number of aromatic nitrogens is 2. The van der Waals surface area contributed by atoms with E-state index in [2.05, 4.69) is 15.7 Å². The quantitative estimate of drug-likeness (QED) is 0.355. The molecular weight excluding hydrogens is 537 g/mol. The van der Waals surface area contributed by atoms with Crippen LogP contribution in [0.25, 0.3) is 5.69 Å². The number of urea groups is 1. The summed E-state index contributed by atoms with van der Waals surface area (Å²) in [5.74, 6) is -2.36. The second kappa shape index (κ2) is 12.2. The predicted octanol–water partition coefficient (Wildman–Crippen LogP) is 5.02. The monoisotopic (exact) mass is 567 g/mol. The van der Waals surface area contributed by atoms with E-state index in [1.54, 1.807) is 38.1 Å². The Labute approximate surface area is 228 Å². The van der Waals surface area contributed by atoms with Crippen LogP contribution in [-0.2, 0) is 4.74 Å². The maximum atomic E-state index is 14.1. The summed E-state index contributed by atoms with van der Waals surface area (Å²) in [7, 11) is 1.17. The van der Waals surface area contributed by atoms with Crippen molar-refractivity contribution in [2.45, 2.75) is 38.0 Å². The number of ether oxygens (including phenoxy) is 2. The van der Waals surface area contributed by atoms with E-state index < -0.39 is 48.5 Å². The van der Waals surface area contributed by atoms with Crippen LogP contribution in [0.4, 0.5) is 32.6 Å². The molecule has 216 valence electrons. The minimum Gasteiger partial charge on any atom is -0.477 e. The number of nitrogens with one attached hydrogen (secondary N) is 2. The molecular formula is C27H30F5N5O3. The summed E-state index contributed by atoms with van der Waals surface area (Å²) in [4.78, 5) is 14.4. The van der Waals surface area contributed by atoms with Crippen LogP contribution in [0.2, 0.25) is 0 Å². The molecule has 2 aromatic carbocycles. The van der Waals surface area contributed by atoms with Crippen LogP contribution >= 0.6 is 0 Å². The average Bonchev–Trinajstić information content (AvgIpc) is 3.45. The standard InChI is InChI=1S/C27H30F5N5O3/c1-4-40-25-16(2)24(37(35-25)18-8-6-5-7-9-18)34-26(38)33-22-14-36(23(15-39-3)27(30,31)32)13-19(22)17-10-11-20(28)21(29)12-17/h5-12,19,22-23H,4,13-15H2,1-3H3,(H2,33,34,38)/t19-,22+,23-/m0/s1. The van der Waals surface area contributed by atoms with Gasteiger partial charge >= 0.3 is 12.2 Å². The van der Waals surface area contributed by atoms with E-state index in [1.165, 1.54) is 17.9 Å². The number of benzene rings is 2. The molecule has 0 aliphatic carbocycles. The van der Waals surface area contributed by atoms with Gasteiger partial charge in [0, 0.05) is 26.1 Å². The molecule has 2 heterocycles. The Bertz CT molecular complexity index is 1320. The first kappa shape index (κ1) is 29.3. The minimum absolute atomic E-state index is 0.168. The van der Waals surface area contributed by atoms with Gasteiger partial charge in [0.05, 0.1) is 30.5 Å². The first-order valence-electron chi connectivity index (χ1n) is 12.6. The SMILES string of the molecule is CCOc1nn(-c2ccccc2)c(NC(=O)N[C@@H]2CN([C@@H](COC)C(F)(F)F)C[C@H]2c2ccc(F)c(F)c2)c1C. The number of likely N-dealkylation sites (tertiary alicyclic amines) is 1. The fraction of sp³-hybridized carbons (Fsp3) is 0.407. The molecule has 1 fully saturated rings. The fourth-order valence-electron chi connectivity index (χ4n) is 4.85. The number of methoxy groups -OCH3 is 1. The van der Waals surface area contributed by atoms with Crippen LogP contribution in [-0.4, -0.2) is 72.4 Å². The van der Waals surface area contributed by atoms with Gasteiger partial charge in [-0.05, 0) is 43.7 Å². The Morgan fingerprint density at radius 1 is 1.12 bits per heavy atom. The van der Waals surface area contributed by atoms with Gasteiger partial charge in [-0.25, -0.2) is 18.3 Å². The molecule has 3 atom stereocenters. The van der Waals surface area contributed by atoms with Crippen molar-refractivity contribution in [3.8, 4) is 11.6 Å². The molecule has 0 bridgehead atoms. The average molecular weight is 568 g/mol. The number of nitrogens with zero attached hydrogens (tertiary/aromatic N) is 3. The second-order valence-corrected chi connectivity index (χ2v) is 9.41. The molecule has 3 aromatic rings. The Kier molecular flexibility index (Phi) is 8.94. The number of carbonyl (C=O) groups is 1. The number of para-hydroxylation sites is 1.